The molecule has 0 atom stereocenters. The zero-order chi connectivity index (χ0) is 10.5. The molecule has 1 N–H and O–H groups in total. The molecule has 3 radical (unpaired) electrons. The van der Waals surface area contributed by atoms with Crippen LogP contribution in [0.4, 0.5) is 0 Å². The number of hydrogen-bond donors (Lipinski definition) is 1. The molecular formula is C13H13BOP. The molecule has 0 aliphatic heterocycles. The highest BCUT2D eigenvalue weighted by molar-refractivity contribution is 7.72. The summed E-state index contributed by atoms with van der Waals surface area (Å²) >= 11 is 0. The number of hydrogen-bond acceptors (Lipinski definition) is 1. The standard InChI is InChI=1S/C13H13OP.B/c14-11-15(12-7-3-1-4-8-12)13-9-5-2-6-10-13;/h1-10,14H,11H2;. The molecule has 2 aromatic carbocycles. The highest BCUT2D eigenvalue weighted by Crippen LogP contribution is 2.31. The van der Waals surface area contributed by atoms with E-state index in [1.165, 1.54) is 10.6 Å². The molecule has 16 heavy (non-hydrogen) atoms. The van der Waals surface area contributed by atoms with E-state index in [0.29, 0.717) is 0 Å². The van der Waals surface area contributed by atoms with Gasteiger partial charge >= 0.3 is 0 Å². The van der Waals surface area contributed by atoms with Gasteiger partial charge in [0.25, 0.3) is 0 Å². The molecule has 2 rings (SSSR count). The minimum absolute atomic E-state index is 0. The Balaban J connectivity index is 0.00000128. The van der Waals surface area contributed by atoms with Crippen LogP contribution >= 0.6 is 7.92 Å². The van der Waals surface area contributed by atoms with E-state index in [4.69, 9.17) is 0 Å². The first-order valence-corrected chi connectivity index (χ1v) is 6.43. The second-order valence-electron chi connectivity index (χ2n) is 3.24. The fourth-order valence-electron chi connectivity index (χ4n) is 1.53. The first kappa shape index (κ1) is 13.0. The lowest BCUT2D eigenvalue weighted by molar-refractivity contribution is 0.372. The summed E-state index contributed by atoms with van der Waals surface area (Å²) < 4.78 is 0. The summed E-state index contributed by atoms with van der Waals surface area (Å²) in [4.78, 5) is 0. The number of aliphatic hydroxyl groups is 1. The lowest BCUT2D eigenvalue weighted by Gasteiger charge is -2.15. The number of aliphatic hydroxyl groups excluding tert-OH is 1. The van der Waals surface area contributed by atoms with E-state index in [1.807, 2.05) is 36.4 Å². The molecule has 0 unspecified atom stereocenters. The zero-order valence-corrected chi connectivity index (χ0v) is 9.85. The summed E-state index contributed by atoms with van der Waals surface area (Å²) in [7, 11) is -0.593. The maximum Gasteiger partial charge on any atom is 0.0707 e. The minimum atomic E-state index is -0.593. The third-order valence-electron chi connectivity index (χ3n) is 2.28. The molecule has 79 valence electrons. The van der Waals surface area contributed by atoms with Crippen LogP contribution in [0.1, 0.15) is 0 Å². The Labute approximate surface area is 99.5 Å². The van der Waals surface area contributed by atoms with Gasteiger partial charge in [0, 0.05) is 8.41 Å². The maximum atomic E-state index is 9.46. The van der Waals surface area contributed by atoms with E-state index in [1.54, 1.807) is 0 Å². The van der Waals surface area contributed by atoms with Gasteiger partial charge in [-0.1, -0.05) is 60.7 Å². The van der Waals surface area contributed by atoms with Crippen molar-refractivity contribution in [1.82, 2.24) is 0 Å². The Morgan fingerprint density at radius 3 is 1.44 bits per heavy atom. The average molecular weight is 227 g/mol. The quantitative estimate of drug-likeness (QED) is 0.624. The highest BCUT2D eigenvalue weighted by Gasteiger charge is 2.10. The highest BCUT2D eigenvalue weighted by atomic mass is 31.1. The summed E-state index contributed by atoms with van der Waals surface area (Å²) in [5.74, 6) is 0. The Bertz CT molecular complexity index is 365. The van der Waals surface area contributed by atoms with E-state index in [0.717, 1.165) is 0 Å². The van der Waals surface area contributed by atoms with Crippen molar-refractivity contribution in [3.8, 4) is 0 Å². The monoisotopic (exact) mass is 227 g/mol. The first-order chi connectivity index (χ1) is 7.42. The van der Waals surface area contributed by atoms with E-state index in [9.17, 15) is 5.11 Å². The van der Waals surface area contributed by atoms with Crippen LogP contribution in [0.2, 0.25) is 0 Å². The van der Waals surface area contributed by atoms with Crippen LogP contribution in [0.5, 0.6) is 0 Å². The van der Waals surface area contributed by atoms with Gasteiger partial charge in [-0.3, -0.25) is 0 Å². The molecule has 0 spiro atoms. The van der Waals surface area contributed by atoms with Gasteiger partial charge in [0.05, 0.1) is 6.35 Å². The van der Waals surface area contributed by atoms with E-state index < -0.39 is 7.92 Å². The van der Waals surface area contributed by atoms with Crippen molar-refractivity contribution in [1.29, 1.82) is 0 Å². The minimum Gasteiger partial charge on any atom is -0.391 e. The Kier molecular flexibility index (Phi) is 5.24. The SMILES string of the molecule is OCP(c1ccccc1)c1ccccc1.[B]. The second kappa shape index (κ2) is 6.47. The molecule has 1 nitrogen and oxygen atoms in total. The third-order valence-corrected chi connectivity index (χ3v) is 4.40. The molecule has 0 heterocycles. The number of rotatable bonds is 3. The Morgan fingerprint density at radius 1 is 0.750 bits per heavy atom. The summed E-state index contributed by atoms with van der Waals surface area (Å²) in [5.41, 5.74) is 0. The molecule has 0 aliphatic rings. The van der Waals surface area contributed by atoms with Gasteiger partial charge in [-0.05, 0) is 18.5 Å². The fraction of sp³-hybridized carbons (Fsp3) is 0.0769. The van der Waals surface area contributed by atoms with Crippen molar-refractivity contribution in [2.45, 2.75) is 0 Å². The van der Waals surface area contributed by atoms with Crippen molar-refractivity contribution in [3.63, 3.8) is 0 Å². The third kappa shape index (κ3) is 2.94. The second-order valence-corrected chi connectivity index (χ2v) is 5.41. The topological polar surface area (TPSA) is 20.2 Å². The maximum absolute atomic E-state index is 9.46. The molecule has 0 aromatic heterocycles. The van der Waals surface area contributed by atoms with Crippen molar-refractivity contribution < 1.29 is 5.11 Å². The van der Waals surface area contributed by atoms with Crippen LogP contribution in [0.3, 0.4) is 0 Å². The van der Waals surface area contributed by atoms with Gasteiger partial charge in [0.15, 0.2) is 0 Å². The molecule has 0 saturated carbocycles. The van der Waals surface area contributed by atoms with Crippen LogP contribution in [-0.4, -0.2) is 19.9 Å². The van der Waals surface area contributed by atoms with E-state index in [-0.39, 0.29) is 14.8 Å². The van der Waals surface area contributed by atoms with Crippen molar-refractivity contribution >= 4 is 26.9 Å². The zero-order valence-electron chi connectivity index (χ0n) is 8.95. The lowest BCUT2D eigenvalue weighted by Crippen LogP contribution is -2.13. The lowest BCUT2D eigenvalue weighted by atomic mass is 10.4. The molecule has 3 heteroatoms. The van der Waals surface area contributed by atoms with Gasteiger partial charge in [0.1, 0.15) is 0 Å². The van der Waals surface area contributed by atoms with Crippen molar-refractivity contribution in [2.24, 2.45) is 0 Å². The average Bonchev–Trinajstić information content (AvgIpc) is 2.33. The van der Waals surface area contributed by atoms with Crippen LogP contribution < -0.4 is 10.6 Å². The van der Waals surface area contributed by atoms with Crippen molar-refractivity contribution in [3.05, 3.63) is 60.7 Å². The van der Waals surface area contributed by atoms with Gasteiger partial charge in [0.2, 0.25) is 0 Å². The van der Waals surface area contributed by atoms with E-state index in [2.05, 4.69) is 24.3 Å². The van der Waals surface area contributed by atoms with Gasteiger partial charge in [-0.25, -0.2) is 0 Å². The molecule has 0 saturated heterocycles. The van der Waals surface area contributed by atoms with Crippen LogP contribution in [0.15, 0.2) is 60.7 Å². The van der Waals surface area contributed by atoms with Crippen LogP contribution in [-0.2, 0) is 0 Å². The molecule has 0 amide bonds. The van der Waals surface area contributed by atoms with Crippen molar-refractivity contribution in [2.75, 3.05) is 6.35 Å². The van der Waals surface area contributed by atoms with E-state index >= 15 is 0 Å². The molecule has 0 bridgehead atoms. The van der Waals surface area contributed by atoms with Crippen LogP contribution in [0.25, 0.3) is 0 Å². The summed E-state index contributed by atoms with van der Waals surface area (Å²) in [5, 5.41) is 11.9. The molecular weight excluding hydrogens is 214 g/mol. The van der Waals surface area contributed by atoms with Gasteiger partial charge in [-0.15, -0.1) is 0 Å². The predicted octanol–water partition coefficient (Wildman–Crippen LogP) is 1.69. The molecule has 2 aromatic rings. The largest absolute Gasteiger partial charge is 0.391 e. The summed E-state index contributed by atoms with van der Waals surface area (Å²) in [6.07, 6.45) is 0.212. The van der Waals surface area contributed by atoms with Gasteiger partial charge < -0.3 is 5.11 Å². The summed E-state index contributed by atoms with van der Waals surface area (Å²) in [6.45, 7) is 0. The first-order valence-electron chi connectivity index (χ1n) is 4.90. The van der Waals surface area contributed by atoms with Crippen LogP contribution in [0, 0.1) is 0 Å². The number of benzene rings is 2. The normalized spacial score (nSPS) is 9.88. The predicted molar refractivity (Wildman–Crippen MR) is 71.9 cm³/mol. The molecule has 0 fully saturated rings. The smallest absolute Gasteiger partial charge is 0.0707 e. The Hall–Kier alpha value is -1.11. The Morgan fingerprint density at radius 2 is 1.12 bits per heavy atom. The summed E-state index contributed by atoms with van der Waals surface area (Å²) in [6, 6.07) is 20.4. The molecule has 0 aliphatic carbocycles. The fourth-order valence-corrected chi connectivity index (χ4v) is 3.22. The van der Waals surface area contributed by atoms with Gasteiger partial charge in [-0.2, -0.15) is 0 Å².